The molecule has 0 radical (unpaired) electrons. The van der Waals surface area contributed by atoms with Gasteiger partial charge < -0.3 is 19.7 Å². The van der Waals surface area contributed by atoms with E-state index in [0.29, 0.717) is 31.4 Å². The number of rotatable bonds is 5. The lowest BCUT2D eigenvalue weighted by Crippen LogP contribution is -2.42. The Morgan fingerprint density at radius 3 is 2.57 bits per heavy atom. The SMILES string of the molecule is CC(C)(C)OC(=O)N1CCC(COc2cccc(NC=C(C#N)C#N)c2)CC1. The van der Waals surface area contributed by atoms with Gasteiger partial charge in [-0.15, -0.1) is 0 Å². The summed E-state index contributed by atoms with van der Waals surface area (Å²) >= 11 is 0. The van der Waals surface area contributed by atoms with Crippen LogP contribution in [0.25, 0.3) is 0 Å². The number of carbonyl (C=O) groups is 1. The van der Waals surface area contributed by atoms with E-state index in [1.807, 2.05) is 45.0 Å². The largest absolute Gasteiger partial charge is 0.493 e. The summed E-state index contributed by atoms with van der Waals surface area (Å²) in [5, 5.41) is 20.4. The number of nitrogens with zero attached hydrogens (tertiary/aromatic N) is 3. The van der Waals surface area contributed by atoms with Gasteiger partial charge in [-0.2, -0.15) is 10.5 Å². The van der Waals surface area contributed by atoms with Gasteiger partial charge in [-0.05, 0) is 51.7 Å². The molecule has 0 aliphatic carbocycles. The highest BCUT2D eigenvalue weighted by molar-refractivity contribution is 5.68. The molecule has 1 aliphatic rings. The number of benzene rings is 1. The van der Waals surface area contributed by atoms with E-state index in [9.17, 15) is 4.79 Å². The number of hydrogen-bond acceptors (Lipinski definition) is 6. The summed E-state index contributed by atoms with van der Waals surface area (Å²) in [5.41, 5.74) is 0.260. The molecule has 0 atom stereocenters. The van der Waals surface area contributed by atoms with Crippen LogP contribution in [0.5, 0.6) is 5.75 Å². The van der Waals surface area contributed by atoms with Crippen LogP contribution in [0.4, 0.5) is 10.5 Å². The topological polar surface area (TPSA) is 98.4 Å². The van der Waals surface area contributed by atoms with Gasteiger partial charge in [-0.3, -0.25) is 0 Å². The van der Waals surface area contributed by atoms with Crippen molar-refractivity contribution in [2.75, 3.05) is 25.0 Å². The lowest BCUT2D eigenvalue weighted by Gasteiger charge is -2.33. The fraction of sp³-hybridized carbons (Fsp3) is 0.476. The number of ether oxygens (including phenoxy) is 2. The van der Waals surface area contributed by atoms with Crippen LogP contribution in [-0.4, -0.2) is 36.3 Å². The molecule has 0 bridgehead atoms. The van der Waals surface area contributed by atoms with Crippen LogP contribution in [0, 0.1) is 28.6 Å². The summed E-state index contributed by atoms with van der Waals surface area (Å²) in [4.78, 5) is 13.9. The van der Waals surface area contributed by atoms with Crippen LogP contribution < -0.4 is 10.1 Å². The molecule has 0 unspecified atom stereocenters. The molecule has 148 valence electrons. The molecule has 1 aliphatic heterocycles. The second-order valence-electron chi connectivity index (χ2n) is 7.68. The fourth-order valence-electron chi connectivity index (χ4n) is 2.74. The van der Waals surface area contributed by atoms with Crippen LogP contribution in [0.1, 0.15) is 33.6 Å². The van der Waals surface area contributed by atoms with Crippen molar-refractivity contribution >= 4 is 11.8 Å². The van der Waals surface area contributed by atoms with E-state index in [1.165, 1.54) is 6.20 Å². The van der Waals surface area contributed by atoms with Crippen LogP contribution >= 0.6 is 0 Å². The van der Waals surface area contributed by atoms with Gasteiger partial charge in [0.25, 0.3) is 0 Å². The minimum Gasteiger partial charge on any atom is -0.493 e. The maximum absolute atomic E-state index is 12.1. The highest BCUT2D eigenvalue weighted by Gasteiger charge is 2.27. The number of nitrogens with one attached hydrogen (secondary N) is 1. The van der Waals surface area contributed by atoms with Crippen LogP contribution in [0.3, 0.4) is 0 Å². The molecule has 0 saturated carbocycles. The number of nitriles is 2. The Balaban J connectivity index is 1.80. The van der Waals surface area contributed by atoms with E-state index in [1.54, 1.807) is 17.0 Å². The molecule has 1 N–H and O–H groups in total. The number of likely N-dealkylation sites (tertiary alicyclic amines) is 1. The molecule has 0 spiro atoms. The quantitative estimate of drug-likeness (QED) is 0.771. The highest BCUT2D eigenvalue weighted by Crippen LogP contribution is 2.23. The Morgan fingerprint density at radius 2 is 1.96 bits per heavy atom. The molecule has 28 heavy (non-hydrogen) atoms. The van der Waals surface area contributed by atoms with Gasteiger partial charge >= 0.3 is 6.09 Å². The lowest BCUT2D eigenvalue weighted by molar-refractivity contribution is 0.0165. The van der Waals surface area contributed by atoms with E-state index in [4.69, 9.17) is 20.0 Å². The molecule has 7 heteroatoms. The molecule has 1 fully saturated rings. The molecule has 1 aromatic carbocycles. The molecule has 1 aromatic rings. The Bertz CT molecular complexity index is 775. The molecule has 1 heterocycles. The van der Waals surface area contributed by atoms with Crippen molar-refractivity contribution in [3.63, 3.8) is 0 Å². The zero-order chi connectivity index (χ0) is 20.6. The third-order valence-corrected chi connectivity index (χ3v) is 4.21. The Labute approximate surface area is 166 Å². The Hall–Kier alpha value is -3.19. The van der Waals surface area contributed by atoms with E-state index in [-0.39, 0.29) is 11.7 Å². The number of allylic oxidation sites excluding steroid dienone is 1. The monoisotopic (exact) mass is 382 g/mol. The summed E-state index contributed by atoms with van der Waals surface area (Å²) in [5.74, 6) is 1.09. The maximum atomic E-state index is 12.1. The van der Waals surface area contributed by atoms with E-state index < -0.39 is 5.60 Å². The first kappa shape index (κ1) is 21.1. The predicted octanol–water partition coefficient (Wildman–Crippen LogP) is 4.06. The fourth-order valence-corrected chi connectivity index (χ4v) is 2.74. The van der Waals surface area contributed by atoms with Gasteiger partial charge in [-0.1, -0.05) is 6.07 Å². The smallest absolute Gasteiger partial charge is 0.410 e. The first-order chi connectivity index (χ1) is 13.3. The standard InChI is InChI=1S/C21H26N4O3/c1-21(2,3)28-20(26)25-9-7-16(8-10-25)15-27-19-6-4-5-18(11-19)24-14-17(12-22)13-23/h4-6,11,14,16,24H,7-10,15H2,1-3H3. The third-order valence-electron chi connectivity index (χ3n) is 4.21. The number of hydrogen-bond donors (Lipinski definition) is 1. The third kappa shape index (κ3) is 6.85. The van der Waals surface area contributed by atoms with Crippen molar-refractivity contribution in [1.82, 2.24) is 4.90 Å². The lowest BCUT2D eigenvalue weighted by atomic mass is 9.98. The molecule has 0 aromatic heterocycles. The summed E-state index contributed by atoms with van der Waals surface area (Å²) in [6.07, 6.45) is 2.85. The van der Waals surface area contributed by atoms with Crippen molar-refractivity contribution < 1.29 is 14.3 Å². The molecule has 2 rings (SSSR count). The zero-order valence-electron chi connectivity index (χ0n) is 16.6. The van der Waals surface area contributed by atoms with Crippen molar-refractivity contribution in [3.05, 3.63) is 36.0 Å². The summed E-state index contributed by atoms with van der Waals surface area (Å²) in [6.45, 7) is 7.51. The molecular weight excluding hydrogens is 356 g/mol. The van der Waals surface area contributed by atoms with Crippen LogP contribution in [-0.2, 0) is 4.74 Å². The maximum Gasteiger partial charge on any atom is 0.410 e. The van der Waals surface area contributed by atoms with E-state index >= 15 is 0 Å². The van der Waals surface area contributed by atoms with Gasteiger partial charge in [0.1, 0.15) is 29.1 Å². The number of carbonyl (C=O) groups excluding carboxylic acids is 1. The van der Waals surface area contributed by atoms with Crippen LogP contribution in [0.2, 0.25) is 0 Å². The van der Waals surface area contributed by atoms with Gasteiger partial charge in [0, 0.05) is 31.0 Å². The van der Waals surface area contributed by atoms with Crippen molar-refractivity contribution in [2.45, 2.75) is 39.2 Å². The minimum atomic E-state index is -0.480. The number of piperidine rings is 1. The predicted molar refractivity (Wildman–Crippen MR) is 105 cm³/mol. The summed E-state index contributed by atoms with van der Waals surface area (Å²) in [7, 11) is 0. The summed E-state index contributed by atoms with van der Waals surface area (Å²) < 4.78 is 11.3. The molecule has 1 saturated heterocycles. The normalized spacial score (nSPS) is 14.4. The molecular formula is C21H26N4O3. The van der Waals surface area contributed by atoms with Gasteiger partial charge in [0.05, 0.1) is 6.61 Å². The Morgan fingerprint density at radius 1 is 1.29 bits per heavy atom. The first-order valence-electron chi connectivity index (χ1n) is 9.28. The second-order valence-corrected chi connectivity index (χ2v) is 7.68. The first-order valence-corrected chi connectivity index (χ1v) is 9.28. The van der Waals surface area contributed by atoms with Crippen molar-refractivity contribution in [2.24, 2.45) is 5.92 Å². The van der Waals surface area contributed by atoms with Crippen molar-refractivity contribution in [1.29, 1.82) is 10.5 Å². The second kappa shape index (κ2) is 9.66. The highest BCUT2D eigenvalue weighted by atomic mass is 16.6. The van der Waals surface area contributed by atoms with Gasteiger partial charge in [0.2, 0.25) is 0 Å². The van der Waals surface area contributed by atoms with E-state index in [2.05, 4.69) is 5.32 Å². The minimum absolute atomic E-state index is 0.00284. The van der Waals surface area contributed by atoms with Gasteiger partial charge in [0.15, 0.2) is 0 Å². The van der Waals surface area contributed by atoms with Crippen molar-refractivity contribution in [3.8, 4) is 17.9 Å². The zero-order valence-corrected chi connectivity index (χ0v) is 16.6. The molecule has 7 nitrogen and oxygen atoms in total. The number of amides is 1. The molecule has 1 amide bonds. The summed E-state index contributed by atoms with van der Waals surface area (Å²) in [6, 6.07) is 10.9. The Kier molecular flexibility index (Phi) is 7.28. The average Bonchev–Trinajstić information content (AvgIpc) is 2.66. The van der Waals surface area contributed by atoms with E-state index in [0.717, 1.165) is 18.5 Å². The average molecular weight is 382 g/mol. The number of anilines is 1. The van der Waals surface area contributed by atoms with Crippen LogP contribution in [0.15, 0.2) is 36.0 Å². The van der Waals surface area contributed by atoms with Gasteiger partial charge in [-0.25, -0.2) is 4.79 Å².